The molecule has 0 radical (unpaired) electrons. The fourth-order valence-electron chi connectivity index (χ4n) is 3.03. The summed E-state index contributed by atoms with van der Waals surface area (Å²) in [7, 11) is 1.50. The number of thiophene rings is 1. The van der Waals surface area contributed by atoms with Crippen LogP contribution in [0.3, 0.4) is 0 Å². The van der Waals surface area contributed by atoms with Gasteiger partial charge in [0, 0.05) is 0 Å². The van der Waals surface area contributed by atoms with E-state index in [2.05, 4.69) is 9.97 Å². The van der Waals surface area contributed by atoms with Gasteiger partial charge >= 0.3 is 11.9 Å². The van der Waals surface area contributed by atoms with Gasteiger partial charge in [-0.05, 0) is 51.5 Å². The van der Waals surface area contributed by atoms with Crippen LogP contribution in [0.4, 0.5) is 5.82 Å². The molecule has 0 aliphatic carbocycles. The van der Waals surface area contributed by atoms with E-state index in [1.54, 1.807) is 32.0 Å². The predicted octanol–water partition coefficient (Wildman–Crippen LogP) is 3.91. The Bertz CT molecular complexity index is 1160. The quantitative estimate of drug-likeness (QED) is 0.499. The molecule has 10 heteroatoms. The van der Waals surface area contributed by atoms with Crippen molar-refractivity contribution in [2.45, 2.75) is 40.4 Å². The summed E-state index contributed by atoms with van der Waals surface area (Å²) in [5.41, 5.74) is 7.05. The van der Waals surface area contributed by atoms with E-state index in [1.807, 2.05) is 13.8 Å². The third-order valence-corrected chi connectivity index (χ3v) is 5.59. The summed E-state index contributed by atoms with van der Waals surface area (Å²) in [6, 6.07) is 4.79. The van der Waals surface area contributed by atoms with Crippen LogP contribution in [0.2, 0.25) is 0 Å². The van der Waals surface area contributed by atoms with Crippen LogP contribution in [0, 0.1) is 6.92 Å². The van der Waals surface area contributed by atoms with Gasteiger partial charge in [0.25, 0.3) is 0 Å². The van der Waals surface area contributed by atoms with Gasteiger partial charge in [-0.2, -0.15) is 0 Å². The van der Waals surface area contributed by atoms with Gasteiger partial charge in [-0.1, -0.05) is 0 Å². The number of carbonyl (C=O) groups excluding carboxylic acids is 2. The molecule has 0 aliphatic heterocycles. The number of benzene rings is 1. The summed E-state index contributed by atoms with van der Waals surface area (Å²) in [5, 5.41) is 0.596. The molecule has 2 heterocycles. The fourth-order valence-corrected chi connectivity index (χ4v) is 4.13. The number of hydrogen-bond acceptors (Lipinski definition) is 10. The van der Waals surface area contributed by atoms with Gasteiger partial charge in [0.1, 0.15) is 15.5 Å². The molecule has 170 valence electrons. The molecule has 0 aliphatic rings. The number of rotatable bonds is 8. The minimum Gasteiger partial charge on any atom is -0.493 e. The van der Waals surface area contributed by atoms with E-state index in [0.717, 1.165) is 0 Å². The van der Waals surface area contributed by atoms with Gasteiger partial charge in [0.15, 0.2) is 23.9 Å². The molecule has 0 spiro atoms. The van der Waals surface area contributed by atoms with Crippen LogP contribution in [0.25, 0.3) is 10.2 Å². The van der Waals surface area contributed by atoms with E-state index in [0.29, 0.717) is 37.7 Å². The van der Waals surface area contributed by atoms with E-state index in [9.17, 15) is 9.59 Å². The summed E-state index contributed by atoms with van der Waals surface area (Å²) in [4.78, 5) is 34.3. The second kappa shape index (κ2) is 9.82. The van der Waals surface area contributed by atoms with E-state index in [1.165, 1.54) is 18.4 Å². The van der Waals surface area contributed by atoms with Crippen molar-refractivity contribution in [2.75, 3.05) is 19.5 Å². The van der Waals surface area contributed by atoms with Crippen LogP contribution in [0.1, 0.15) is 52.2 Å². The molecular formula is C22H25N3O6S. The molecule has 0 unspecified atom stereocenters. The van der Waals surface area contributed by atoms with Gasteiger partial charge < -0.3 is 24.7 Å². The largest absolute Gasteiger partial charge is 0.493 e. The first-order chi connectivity index (χ1) is 15.2. The number of fused-ring (bicyclic) bond motifs is 1. The van der Waals surface area contributed by atoms with Gasteiger partial charge in [-0.3, -0.25) is 0 Å². The van der Waals surface area contributed by atoms with Crippen molar-refractivity contribution in [3.05, 3.63) is 40.0 Å². The molecule has 1 aromatic carbocycles. The molecule has 3 rings (SSSR count). The van der Waals surface area contributed by atoms with Crippen LogP contribution >= 0.6 is 11.3 Å². The van der Waals surface area contributed by atoms with Gasteiger partial charge in [0.05, 0.1) is 30.8 Å². The lowest BCUT2D eigenvalue weighted by atomic mass is 10.2. The fraction of sp³-hybridized carbons (Fsp3) is 0.364. The Labute approximate surface area is 189 Å². The van der Waals surface area contributed by atoms with Gasteiger partial charge in [-0.15, -0.1) is 11.3 Å². The molecule has 2 N–H and O–H groups in total. The first-order valence-electron chi connectivity index (χ1n) is 9.99. The number of esters is 2. The summed E-state index contributed by atoms with van der Waals surface area (Å²) >= 11 is 1.17. The van der Waals surface area contributed by atoms with E-state index >= 15 is 0 Å². The summed E-state index contributed by atoms with van der Waals surface area (Å²) in [6.45, 7) is 7.39. The van der Waals surface area contributed by atoms with Gasteiger partial charge in [-0.25, -0.2) is 19.6 Å². The molecule has 0 saturated heterocycles. The lowest BCUT2D eigenvalue weighted by Gasteiger charge is -2.14. The number of aryl methyl sites for hydroxylation is 1. The van der Waals surface area contributed by atoms with E-state index < -0.39 is 11.9 Å². The van der Waals surface area contributed by atoms with Crippen LogP contribution < -0.4 is 15.2 Å². The maximum atomic E-state index is 12.5. The van der Waals surface area contributed by atoms with Crippen LogP contribution in [0.15, 0.2) is 18.2 Å². The summed E-state index contributed by atoms with van der Waals surface area (Å²) in [5.74, 6) is 0.395. The smallest absolute Gasteiger partial charge is 0.348 e. The van der Waals surface area contributed by atoms with Crippen molar-refractivity contribution in [1.29, 1.82) is 0 Å². The number of anilines is 1. The Morgan fingerprint density at radius 3 is 2.53 bits per heavy atom. The van der Waals surface area contributed by atoms with Gasteiger partial charge in [0.2, 0.25) is 0 Å². The SMILES string of the molecule is CCOC(=O)c1sc2nc(COC(=O)c3ccc(OC(C)C)c(OC)c3)nc(N)c2c1C. The lowest BCUT2D eigenvalue weighted by Crippen LogP contribution is -2.10. The first-order valence-corrected chi connectivity index (χ1v) is 10.8. The first kappa shape index (κ1) is 23.3. The second-order valence-corrected chi connectivity index (χ2v) is 8.09. The average Bonchev–Trinajstić information content (AvgIpc) is 3.09. The molecule has 2 aromatic heterocycles. The number of hydrogen-bond donors (Lipinski definition) is 1. The highest BCUT2D eigenvalue weighted by Gasteiger charge is 2.21. The zero-order valence-corrected chi connectivity index (χ0v) is 19.4. The molecule has 0 bridgehead atoms. The van der Waals surface area contributed by atoms with Crippen molar-refractivity contribution >= 4 is 39.3 Å². The highest BCUT2D eigenvalue weighted by Crippen LogP contribution is 2.33. The van der Waals surface area contributed by atoms with Crippen molar-refractivity contribution in [3.63, 3.8) is 0 Å². The Morgan fingerprint density at radius 2 is 1.88 bits per heavy atom. The third kappa shape index (κ3) is 4.91. The van der Waals surface area contributed by atoms with Crippen LogP contribution in [-0.4, -0.2) is 41.7 Å². The molecule has 0 fully saturated rings. The van der Waals surface area contributed by atoms with Crippen LogP contribution in [0.5, 0.6) is 11.5 Å². The number of nitrogens with zero attached hydrogens (tertiary/aromatic N) is 2. The molecule has 0 saturated carbocycles. The number of carbonyl (C=O) groups is 2. The number of ether oxygens (including phenoxy) is 4. The van der Waals surface area contributed by atoms with Crippen molar-refractivity contribution in [3.8, 4) is 11.5 Å². The maximum Gasteiger partial charge on any atom is 0.348 e. The number of nitrogens with two attached hydrogens (primary N) is 1. The Kier molecular flexibility index (Phi) is 7.14. The van der Waals surface area contributed by atoms with E-state index in [-0.39, 0.29) is 31.0 Å². The molecule has 3 aromatic rings. The zero-order valence-electron chi connectivity index (χ0n) is 18.6. The summed E-state index contributed by atoms with van der Waals surface area (Å²) in [6.07, 6.45) is -0.0375. The predicted molar refractivity (Wildman–Crippen MR) is 120 cm³/mol. The maximum absolute atomic E-state index is 12.5. The normalized spacial score (nSPS) is 10.9. The monoisotopic (exact) mass is 459 g/mol. The minimum atomic E-state index is -0.573. The Hall–Kier alpha value is -3.40. The Balaban J connectivity index is 1.78. The molecule has 9 nitrogen and oxygen atoms in total. The molecule has 32 heavy (non-hydrogen) atoms. The number of nitrogen functional groups attached to an aromatic ring is 1. The molecule has 0 atom stereocenters. The number of methoxy groups -OCH3 is 1. The zero-order chi connectivity index (χ0) is 23.4. The molecular weight excluding hydrogens is 434 g/mol. The molecule has 0 amide bonds. The lowest BCUT2D eigenvalue weighted by molar-refractivity contribution is 0.0461. The highest BCUT2D eigenvalue weighted by atomic mass is 32.1. The van der Waals surface area contributed by atoms with Crippen molar-refractivity contribution in [1.82, 2.24) is 9.97 Å². The van der Waals surface area contributed by atoms with Crippen molar-refractivity contribution < 1.29 is 28.5 Å². The summed E-state index contributed by atoms with van der Waals surface area (Å²) < 4.78 is 21.4. The third-order valence-electron chi connectivity index (χ3n) is 4.42. The van der Waals surface area contributed by atoms with E-state index in [4.69, 9.17) is 24.7 Å². The van der Waals surface area contributed by atoms with Crippen molar-refractivity contribution in [2.24, 2.45) is 0 Å². The Morgan fingerprint density at radius 1 is 1.12 bits per heavy atom. The average molecular weight is 460 g/mol. The minimum absolute atomic E-state index is 0.0375. The topological polar surface area (TPSA) is 123 Å². The number of aromatic nitrogens is 2. The standard InChI is InChI=1S/C22H25N3O6S/c1-6-29-22(27)18-12(4)17-19(23)24-16(25-20(17)32-18)10-30-21(26)13-7-8-14(31-11(2)3)15(9-13)28-5/h7-9,11H,6,10H2,1-5H3,(H2,23,24,25). The second-order valence-electron chi connectivity index (χ2n) is 7.09. The van der Waals surface area contributed by atoms with Crippen LogP contribution in [-0.2, 0) is 16.1 Å². The highest BCUT2D eigenvalue weighted by molar-refractivity contribution is 7.20.